The van der Waals surface area contributed by atoms with Crippen molar-refractivity contribution < 1.29 is 19.1 Å². The van der Waals surface area contributed by atoms with Crippen LogP contribution in [-0.4, -0.2) is 28.6 Å². The van der Waals surface area contributed by atoms with Crippen molar-refractivity contribution in [3.63, 3.8) is 0 Å². The Morgan fingerprint density at radius 1 is 1.06 bits per heavy atom. The lowest BCUT2D eigenvalue weighted by molar-refractivity contribution is -0.123. The number of anilines is 1. The van der Waals surface area contributed by atoms with Gasteiger partial charge in [0.05, 0.1) is 11.4 Å². The van der Waals surface area contributed by atoms with Crippen molar-refractivity contribution in [3.05, 3.63) is 98.9 Å². The molecule has 0 bridgehead atoms. The highest BCUT2D eigenvalue weighted by Crippen LogP contribution is 2.33. The van der Waals surface area contributed by atoms with E-state index in [0.717, 1.165) is 27.4 Å². The maximum Gasteiger partial charge on any atom is 0.293 e. The Kier molecular flexibility index (Phi) is 7.49. The third kappa shape index (κ3) is 6.15. The van der Waals surface area contributed by atoms with E-state index in [1.807, 2.05) is 61.5 Å². The number of thioether (sulfide) groups is 1. The van der Waals surface area contributed by atoms with Gasteiger partial charge in [-0.2, -0.15) is 0 Å². The Hall–Kier alpha value is -3.36. The number of nitrogens with zero attached hydrogens (tertiary/aromatic N) is 1. The number of benzene rings is 3. The molecular weight excluding hydrogens is 516 g/mol. The summed E-state index contributed by atoms with van der Waals surface area (Å²) in [5, 5.41) is 2.49. The van der Waals surface area contributed by atoms with Crippen LogP contribution in [0.3, 0.4) is 0 Å². The highest BCUT2D eigenvalue weighted by atomic mass is 79.9. The van der Waals surface area contributed by atoms with Crippen molar-refractivity contribution in [2.75, 3.05) is 11.9 Å². The van der Waals surface area contributed by atoms with E-state index in [9.17, 15) is 14.4 Å². The van der Waals surface area contributed by atoms with Crippen LogP contribution in [-0.2, 0) is 16.1 Å². The summed E-state index contributed by atoms with van der Waals surface area (Å²) < 4.78 is 6.55. The molecule has 34 heavy (non-hydrogen) atoms. The molecule has 0 unspecified atom stereocenters. The second kappa shape index (κ2) is 10.7. The number of rotatable bonds is 7. The smallest absolute Gasteiger partial charge is 0.293 e. The van der Waals surface area contributed by atoms with Crippen molar-refractivity contribution in [3.8, 4) is 5.75 Å². The van der Waals surface area contributed by atoms with Crippen molar-refractivity contribution in [1.29, 1.82) is 0 Å². The van der Waals surface area contributed by atoms with Gasteiger partial charge in [-0.1, -0.05) is 52.3 Å². The summed E-state index contributed by atoms with van der Waals surface area (Å²) in [7, 11) is 0. The summed E-state index contributed by atoms with van der Waals surface area (Å²) in [6.45, 7) is 2.02. The van der Waals surface area contributed by atoms with Gasteiger partial charge in [-0.3, -0.25) is 19.3 Å². The Morgan fingerprint density at radius 3 is 2.59 bits per heavy atom. The molecule has 1 heterocycles. The molecule has 0 radical (unpaired) electrons. The van der Waals surface area contributed by atoms with Gasteiger partial charge in [0.1, 0.15) is 5.75 Å². The van der Waals surface area contributed by atoms with Crippen molar-refractivity contribution in [2.24, 2.45) is 0 Å². The first-order valence-corrected chi connectivity index (χ1v) is 12.1. The maximum absolute atomic E-state index is 12.8. The molecule has 1 aliphatic heterocycles. The molecule has 3 aromatic carbocycles. The Morgan fingerprint density at radius 2 is 1.82 bits per heavy atom. The molecule has 3 amide bonds. The van der Waals surface area contributed by atoms with Crippen LogP contribution < -0.4 is 10.1 Å². The summed E-state index contributed by atoms with van der Waals surface area (Å²) in [4.78, 5) is 39.0. The molecule has 3 aromatic rings. The number of carbonyl (C=O) groups excluding carboxylic acids is 3. The summed E-state index contributed by atoms with van der Waals surface area (Å²) >= 11 is 4.29. The first-order chi connectivity index (χ1) is 16.4. The van der Waals surface area contributed by atoms with Crippen LogP contribution in [0.2, 0.25) is 0 Å². The zero-order valence-electron chi connectivity index (χ0n) is 18.3. The first-order valence-electron chi connectivity index (χ1n) is 10.5. The molecule has 8 heteroatoms. The molecular formula is C26H21BrN2O4S. The largest absolute Gasteiger partial charge is 0.484 e. The second-order valence-electron chi connectivity index (χ2n) is 7.67. The Balaban J connectivity index is 1.38. The topological polar surface area (TPSA) is 75.7 Å². The second-order valence-corrected chi connectivity index (χ2v) is 9.58. The van der Waals surface area contributed by atoms with Gasteiger partial charge >= 0.3 is 0 Å². The molecule has 1 saturated heterocycles. The molecule has 1 N–H and O–H groups in total. The number of imide groups is 1. The Labute approximate surface area is 210 Å². The van der Waals surface area contributed by atoms with E-state index >= 15 is 0 Å². The molecule has 1 fully saturated rings. The summed E-state index contributed by atoms with van der Waals surface area (Å²) in [5.41, 5.74) is 3.32. The SMILES string of the molecule is Cc1cccc(NC(=O)COc2cccc(/C=C3\SC(=O)N(Cc4ccc(Br)cc4)C3=O)c2)c1. The highest BCUT2D eigenvalue weighted by molar-refractivity contribution is 9.10. The number of amides is 3. The number of hydrogen-bond acceptors (Lipinski definition) is 5. The fraction of sp³-hybridized carbons (Fsp3) is 0.115. The zero-order valence-corrected chi connectivity index (χ0v) is 20.7. The van der Waals surface area contributed by atoms with Crippen LogP contribution in [0.5, 0.6) is 5.75 Å². The predicted molar refractivity (Wildman–Crippen MR) is 137 cm³/mol. The molecule has 0 aliphatic carbocycles. The van der Waals surface area contributed by atoms with Crippen molar-refractivity contribution in [1.82, 2.24) is 4.90 Å². The maximum atomic E-state index is 12.8. The van der Waals surface area contributed by atoms with Crippen LogP contribution in [0.15, 0.2) is 82.2 Å². The standard InChI is InChI=1S/C26H21BrN2O4S/c1-17-4-2-6-21(12-17)28-24(30)16-33-22-7-3-5-19(13-22)14-23-25(31)29(26(32)34-23)15-18-8-10-20(27)11-9-18/h2-14H,15-16H2,1H3,(H,28,30)/b23-14-. The van der Waals surface area contributed by atoms with Crippen LogP contribution >= 0.6 is 27.7 Å². The van der Waals surface area contributed by atoms with Gasteiger partial charge < -0.3 is 10.1 Å². The van der Waals surface area contributed by atoms with E-state index < -0.39 is 0 Å². The predicted octanol–water partition coefficient (Wildman–Crippen LogP) is 6.01. The third-order valence-corrected chi connectivity index (χ3v) is 6.39. The summed E-state index contributed by atoms with van der Waals surface area (Å²) in [5.74, 6) is -0.117. The normalized spacial score (nSPS) is 14.5. The van der Waals surface area contributed by atoms with Crippen molar-refractivity contribution >= 4 is 56.5 Å². The molecule has 0 saturated carbocycles. The fourth-order valence-electron chi connectivity index (χ4n) is 3.32. The van der Waals surface area contributed by atoms with E-state index in [1.165, 1.54) is 4.90 Å². The number of aryl methyl sites for hydroxylation is 1. The lowest BCUT2D eigenvalue weighted by Gasteiger charge is -2.12. The molecule has 0 atom stereocenters. The number of ether oxygens (including phenoxy) is 1. The van der Waals surface area contributed by atoms with Gasteiger partial charge in [-0.05, 0) is 77.9 Å². The first kappa shape index (κ1) is 23.8. The third-order valence-electron chi connectivity index (χ3n) is 4.96. The minimum atomic E-state index is -0.332. The van der Waals surface area contributed by atoms with Crippen molar-refractivity contribution in [2.45, 2.75) is 13.5 Å². The van der Waals surface area contributed by atoms with E-state index in [2.05, 4.69) is 21.2 Å². The molecule has 0 aromatic heterocycles. The van der Waals surface area contributed by atoms with Gasteiger partial charge in [0.25, 0.3) is 17.1 Å². The minimum Gasteiger partial charge on any atom is -0.484 e. The number of halogens is 1. The highest BCUT2D eigenvalue weighted by Gasteiger charge is 2.34. The lowest BCUT2D eigenvalue weighted by Crippen LogP contribution is -2.27. The van der Waals surface area contributed by atoms with Crippen LogP contribution in [0, 0.1) is 6.92 Å². The molecule has 1 aliphatic rings. The quantitative estimate of drug-likeness (QED) is 0.374. The van der Waals surface area contributed by atoms with Gasteiger partial charge in [0, 0.05) is 10.2 Å². The average molecular weight is 537 g/mol. The minimum absolute atomic E-state index is 0.152. The van der Waals surface area contributed by atoms with E-state index in [4.69, 9.17) is 4.74 Å². The summed E-state index contributed by atoms with van der Waals surface area (Å²) in [6.07, 6.45) is 1.66. The van der Waals surface area contributed by atoms with Crippen LogP contribution in [0.4, 0.5) is 10.5 Å². The Bertz CT molecular complexity index is 1270. The van der Waals surface area contributed by atoms with Crippen LogP contribution in [0.25, 0.3) is 6.08 Å². The van der Waals surface area contributed by atoms with Gasteiger partial charge in [0.15, 0.2) is 6.61 Å². The van der Waals surface area contributed by atoms with Gasteiger partial charge in [-0.25, -0.2) is 0 Å². The fourth-order valence-corrected chi connectivity index (χ4v) is 4.43. The number of carbonyl (C=O) groups is 3. The zero-order chi connectivity index (χ0) is 24.1. The number of hydrogen-bond donors (Lipinski definition) is 1. The van der Waals surface area contributed by atoms with E-state index in [-0.39, 0.29) is 30.2 Å². The monoisotopic (exact) mass is 536 g/mol. The van der Waals surface area contributed by atoms with Gasteiger partial charge in [0.2, 0.25) is 0 Å². The summed E-state index contributed by atoms with van der Waals surface area (Å²) in [6, 6.07) is 22.0. The average Bonchev–Trinajstić information content (AvgIpc) is 3.07. The van der Waals surface area contributed by atoms with E-state index in [1.54, 1.807) is 24.3 Å². The molecule has 172 valence electrons. The lowest BCUT2D eigenvalue weighted by atomic mass is 10.2. The van der Waals surface area contributed by atoms with E-state index in [0.29, 0.717) is 21.9 Å². The van der Waals surface area contributed by atoms with Gasteiger partial charge in [-0.15, -0.1) is 0 Å². The molecule has 0 spiro atoms. The molecule has 4 rings (SSSR count). The number of nitrogens with one attached hydrogen (secondary N) is 1. The van der Waals surface area contributed by atoms with Crippen LogP contribution in [0.1, 0.15) is 16.7 Å². The molecule has 6 nitrogen and oxygen atoms in total.